The van der Waals surface area contributed by atoms with Crippen LogP contribution in [0.5, 0.6) is 0 Å². The summed E-state index contributed by atoms with van der Waals surface area (Å²) in [6.07, 6.45) is 0. The Morgan fingerprint density at radius 1 is 0.305 bits per heavy atom. The average Bonchev–Trinajstić information content (AvgIpc) is 3.97. The number of hydrogen-bond acceptors (Lipinski definition) is 3. The van der Waals surface area contributed by atoms with Crippen LogP contribution in [0.4, 0.5) is 0 Å². The Morgan fingerprint density at radius 3 is 1.46 bits per heavy atom. The Hall–Kier alpha value is -8.09. The summed E-state index contributed by atoms with van der Waals surface area (Å²) in [5.74, 6) is 0.601. The number of fused-ring (bicyclic) bond motifs is 14. The molecule has 0 saturated heterocycles. The number of pyridine rings is 1. The molecule has 0 saturated carbocycles. The molecule has 0 aliphatic heterocycles. The first-order chi connectivity index (χ1) is 29.3. The summed E-state index contributed by atoms with van der Waals surface area (Å²) in [6.45, 7) is 0. The third kappa shape index (κ3) is 4.59. The zero-order valence-electron chi connectivity index (χ0n) is 31.7. The summed E-state index contributed by atoms with van der Waals surface area (Å²) in [4.78, 5) is 16.2. The molecule has 0 aliphatic carbocycles. The first-order valence-corrected chi connectivity index (χ1v) is 20.0. The Balaban J connectivity index is 1.07. The Bertz CT molecular complexity index is 3840. The second kappa shape index (κ2) is 12.2. The summed E-state index contributed by atoms with van der Waals surface area (Å²) in [5, 5.41) is 8.16. The molecule has 0 spiro atoms. The lowest BCUT2D eigenvalue weighted by molar-refractivity contribution is 1.00. The second-order valence-corrected chi connectivity index (χ2v) is 15.2. The first kappa shape index (κ1) is 32.0. The van der Waals surface area contributed by atoms with Gasteiger partial charge in [0, 0.05) is 43.6 Å². The molecule has 0 unspecified atom stereocenters. The van der Waals surface area contributed by atoms with E-state index in [-0.39, 0.29) is 0 Å². The summed E-state index contributed by atoms with van der Waals surface area (Å²) in [7, 11) is 0. The van der Waals surface area contributed by atoms with Crippen LogP contribution < -0.4 is 0 Å². The monoisotopic (exact) mass is 752 g/mol. The number of hydrogen-bond donors (Lipinski definition) is 0. The van der Waals surface area contributed by atoms with Crippen LogP contribution in [-0.4, -0.2) is 28.5 Å². The molecule has 6 nitrogen and oxygen atoms in total. The van der Waals surface area contributed by atoms with Gasteiger partial charge in [-0.15, -0.1) is 0 Å². The van der Waals surface area contributed by atoms with Gasteiger partial charge in [-0.05, 0) is 71.1 Å². The molecule has 0 N–H and O–H groups in total. The maximum Gasteiger partial charge on any atom is 0.237 e. The van der Waals surface area contributed by atoms with Crippen LogP contribution in [-0.2, 0) is 0 Å². The van der Waals surface area contributed by atoms with Crippen LogP contribution in [0.15, 0.2) is 194 Å². The predicted molar refractivity (Wildman–Crippen MR) is 243 cm³/mol. The minimum atomic E-state index is 0.601. The third-order valence-corrected chi connectivity index (χ3v) is 12.0. The van der Waals surface area contributed by atoms with Gasteiger partial charge >= 0.3 is 0 Å². The molecule has 0 bridgehead atoms. The minimum Gasteiger partial charge on any atom is -0.309 e. The molecule has 13 aromatic rings. The van der Waals surface area contributed by atoms with Crippen molar-refractivity contribution < 1.29 is 0 Å². The molecule has 13 rings (SSSR count). The maximum absolute atomic E-state index is 5.47. The summed E-state index contributed by atoms with van der Waals surface area (Å²) in [5.41, 5.74) is 13.2. The third-order valence-electron chi connectivity index (χ3n) is 12.0. The summed E-state index contributed by atoms with van der Waals surface area (Å²) in [6, 6.07) is 69.0. The van der Waals surface area contributed by atoms with E-state index in [0.29, 0.717) is 5.95 Å². The molecule has 0 aliphatic rings. The van der Waals surface area contributed by atoms with Crippen LogP contribution in [0.3, 0.4) is 0 Å². The van der Waals surface area contributed by atoms with Crippen LogP contribution in [0, 0.1) is 0 Å². The number of rotatable bonds is 4. The van der Waals surface area contributed by atoms with Crippen molar-refractivity contribution in [3.05, 3.63) is 194 Å². The van der Waals surface area contributed by atoms with E-state index in [0.717, 1.165) is 77.4 Å². The Kier molecular flexibility index (Phi) is 6.63. The van der Waals surface area contributed by atoms with Crippen molar-refractivity contribution in [3.63, 3.8) is 0 Å². The van der Waals surface area contributed by atoms with Crippen molar-refractivity contribution in [3.8, 4) is 34.0 Å². The Morgan fingerprint density at radius 2 is 0.797 bits per heavy atom. The molecule has 0 radical (unpaired) electrons. The second-order valence-electron chi connectivity index (χ2n) is 15.2. The smallest absolute Gasteiger partial charge is 0.237 e. The van der Waals surface area contributed by atoms with Gasteiger partial charge in [-0.25, -0.2) is 9.97 Å². The molecule has 8 aromatic carbocycles. The van der Waals surface area contributed by atoms with E-state index < -0.39 is 0 Å². The van der Waals surface area contributed by atoms with Crippen molar-refractivity contribution in [2.24, 2.45) is 0 Å². The van der Waals surface area contributed by atoms with E-state index in [2.05, 4.69) is 202 Å². The normalized spacial score (nSPS) is 12.1. The highest BCUT2D eigenvalue weighted by Crippen LogP contribution is 2.40. The van der Waals surface area contributed by atoms with Gasteiger partial charge in [0.1, 0.15) is 16.9 Å². The van der Waals surface area contributed by atoms with E-state index in [1.807, 2.05) is 6.07 Å². The zero-order chi connectivity index (χ0) is 38.6. The van der Waals surface area contributed by atoms with Crippen LogP contribution in [0.2, 0.25) is 0 Å². The molecule has 0 fully saturated rings. The fourth-order valence-corrected chi connectivity index (χ4v) is 9.44. The quantitative estimate of drug-likeness (QED) is 0.168. The van der Waals surface area contributed by atoms with Crippen molar-refractivity contribution in [1.82, 2.24) is 28.5 Å². The van der Waals surface area contributed by atoms with Gasteiger partial charge in [0.05, 0.1) is 27.6 Å². The lowest BCUT2D eigenvalue weighted by atomic mass is 10.0. The fourth-order valence-electron chi connectivity index (χ4n) is 9.44. The van der Waals surface area contributed by atoms with Gasteiger partial charge in [0.25, 0.3) is 0 Å². The number of imidazole rings is 1. The minimum absolute atomic E-state index is 0.601. The Labute approximate surface area is 337 Å². The fraction of sp³-hybridized carbons (Fsp3) is 0. The molecule has 5 aromatic heterocycles. The lowest BCUT2D eigenvalue weighted by Gasteiger charge is -2.11. The SMILES string of the molecule is c1ccc(-c2nc(-n3c4ccccc4c4cc(-c5ccc6c(c5)c5ccccc5n6-c5ccccc5)ccc43)nc3c2nc2c4ccccc4c4ccccc4n32)cc1. The zero-order valence-corrected chi connectivity index (χ0v) is 31.7. The van der Waals surface area contributed by atoms with Gasteiger partial charge in [0.15, 0.2) is 5.65 Å². The molecule has 0 atom stereocenters. The van der Waals surface area contributed by atoms with E-state index in [1.54, 1.807) is 0 Å². The average molecular weight is 753 g/mol. The van der Waals surface area contributed by atoms with Gasteiger partial charge in [-0.2, -0.15) is 4.98 Å². The molecule has 0 amide bonds. The van der Waals surface area contributed by atoms with Crippen molar-refractivity contribution in [2.45, 2.75) is 0 Å². The lowest BCUT2D eigenvalue weighted by Crippen LogP contribution is -2.04. The van der Waals surface area contributed by atoms with Gasteiger partial charge in [0.2, 0.25) is 5.95 Å². The number of aromatic nitrogens is 6. The van der Waals surface area contributed by atoms with Crippen molar-refractivity contribution in [2.75, 3.05) is 0 Å². The summed E-state index contributed by atoms with van der Waals surface area (Å²) < 4.78 is 6.81. The van der Waals surface area contributed by atoms with Crippen molar-refractivity contribution in [1.29, 1.82) is 0 Å². The molecule has 6 heteroatoms. The van der Waals surface area contributed by atoms with Gasteiger partial charge in [-0.1, -0.05) is 140 Å². The molecular formula is C53H32N6. The highest BCUT2D eigenvalue weighted by Gasteiger charge is 2.23. The van der Waals surface area contributed by atoms with Gasteiger partial charge < -0.3 is 4.57 Å². The standard InChI is InChI=1S/C53H32N6/c1-3-15-33(16-4-1)49-50-52(59-46-26-14-9-20-38(46)37-19-7-8-23-41(37)51(59)54-50)56-53(55-49)58-45-25-13-11-22-40(45)43-32-35(28-30-48(43)58)34-27-29-47-42(31-34)39-21-10-12-24-44(39)57(47)36-17-5-2-6-18-36/h1-32H. The van der Waals surface area contributed by atoms with Gasteiger partial charge in [-0.3, -0.25) is 8.97 Å². The number of nitrogens with zero attached hydrogens (tertiary/aromatic N) is 6. The largest absolute Gasteiger partial charge is 0.309 e. The highest BCUT2D eigenvalue weighted by molar-refractivity contribution is 6.15. The molecule has 274 valence electrons. The van der Waals surface area contributed by atoms with E-state index in [1.165, 1.54) is 32.8 Å². The van der Waals surface area contributed by atoms with E-state index in [4.69, 9.17) is 15.0 Å². The highest BCUT2D eigenvalue weighted by atomic mass is 15.2. The van der Waals surface area contributed by atoms with Crippen molar-refractivity contribution >= 4 is 82.1 Å². The van der Waals surface area contributed by atoms with E-state index in [9.17, 15) is 0 Å². The molecule has 59 heavy (non-hydrogen) atoms. The maximum atomic E-state index is 5.47. The topological polar surface area (TPSA) is 52.9 Å². The molecule has 5 heterocycles. The summed E-state index contributed by atoms with van der Waals surface area (Å²) >= 11 is 0. The number of benzene rings is 8. The first-order valence-electron chi connectivity index (χ1n) is 20.0. The van der Waals surface area contributed by atoms with Crippen LogP contribution in [0.25, 0.3) is 116 Å². The van der Waals surface area contributed by atoms with Crippen LogP contribution >= 0.6 is 0 Å². The predicted octanol–water partition coefficient (Wildman–Crippen LogP) is 13.1. The van der Waals surface area contributed by atoms with E-state index >= 15 is 0 Å². The van der Waals surface area contributed by atoms with Crippen LogP contribution in [0.1, 0.15) is 0 Å². The molecular weight excluding hydrogens is 721 g/mol. The number of para-hydroxylation sites is 4.